The number of carboxylic acid groups (broad SMARTS) is 2. The number of esters is 1. The fourth-order valence-electron chi connectivity index (χ4n) is 10.6. The largest absolute Gasteiger partial charge is 0.481 e. The standard InChI is InChI=1S/C37H58O7/c1-22(2)23(3)10-11-24(32(41)42)25-14-18-37(9)27-12-13-28-33(4,5)29(44-31(40)21-34(6,43)20-30(38)39)16-17-35(28,7)26(27)15-19-36(25,37)8/h22,24-25,28-29,43H,3,10-21H2,1-2,4-9H3,(H,38,39)(H,41,42)/t24-,25-,28+,29-,34?,35-,36-,37+/m1/s1. The first-order valence-electron chi connectivity index (χ1n) is 17.0. The number of allylic oxidation sites excluding steroid dienone is 3. The third kappa shape index (κ3) is 5.91. The highest BCUT2D eigenvalue weighted by Crippen LogP contribution is 2.72. The molecular weight excluding hydrogens is 556 g/mol. The molecule has 2 saturated carbocycles. The summed E-state index contributed by atoms with van der Waals surface area (Å²) in [7, 11) is 0. The predicted molar refractivity (Wildman–Crippen MR) is 171 cm³/mol. The van der Waals surface area contributed by atoms with Crippen LogP contribution in [0.3, 0.4) is 0 Å². The Hall–Kier alpha value is -2.15. The summed E-state index contributed by atoms with van der Waals surface area (Å²) in [4.78, 5) is 36.7. The SMILES string of the molecule is C=C(CC[C@@H](C(=O)O)[C@H]1CC[C@@]2(C)C3=C(CC[C@]12C)[C@@]1(C)CC[C@@H](OC(=O)CC(C)(O)CC(=O)O)C(C)(C)[C@@H]1CC3)C(C)C. The Balaban J connectivity index is 1.57. The van der Waals surface area contributed by atoms with Crippen LogP contribution in [0.15, 0.2) is 23.3 Å². The third-order valence-corrected chi connectivity index (χ3v) is 13.5. The van der Waals surface area contributed by atoms with Crippen molar-refractivity contribution in [3.8, 4) is 0 Å². The predicted octanol–water partition coefficient (Wildman–Crippen LogP) is 7.96. The maximum atomic E-state index is 12.9. The zero-order chi connectivity index (χ0) is 33.0. The van der Waals surface area contributed by atoms with Crippen LogP contribution in [0, 0.1) is 45.3 Å². The van der Waals surface area contributed by atoms with Crippen LogP contribution in [-0.4, -0.2) is 44.9 Å². The Morgan fingerprint density at radius 3 is 2.20 bits per heavy atom. The number of carbonyl (C=O) groups excluding carboxylic acids is 1. The van der Waals surface area contributed by atoms with Crippen LogP contribution in [0.1, 0.15) is 132 Å². The van der Waals surface area contributed by atoms with Crippen LogP contribution >= 0.6 is 0 Å². The van der Waals surface area contributed by atoms with Gasteiger partial charge < -0.3 is 20.1 Å². The van der Waals surface area contributed by atoms with Gasteiger partial charge in [-0.05, 0) is 105 Å². The van der Waals surface area contributed by atoms with E-state index in [4.69, 9.17) is 9.84 Å². The van der Waals surface area contributed by atoms with Crippen LogP contribution in [0.2, 0.25) is 0 Å². The van der Waals surface area contributed by atoms with Crippen molar-refractivity contribution in [2.75, 3.05) is 0 Å². The Bertz CT molecular complexity index is 1210. The molecule has 1 unspecified atom stereocenters. The van der Waals surface area contributed by atoms with Crippen molar-refractivity contribution in [3.05, 3.63) is 23.3 Å². The first-order chi connectivity index (χ1) is 20.2. The van der Waals surface area contributed by atoms with Crippen molar-refractivity contribution < 1.29 is 34.4 Å². The van der Waals surface area contributed by atoms with E-state index in [-0.39, 0.29) is 46.0 Å². The molecule has 2 fully saturated rings. The van der Waals surface area contributed by atoms with Crippen molar-refractivity contribution in [2.24, 2.45) is 45.3 Å². The van der Waals surface area contributed by atoms with Gasteiger partial charge in [0.2, 0.25) is 0 Å². The average Bonchev–Trinajstić information content (AvgIpc) is 3.15. The molecule has 0 aromatic rings. The van der Waals surface area contributed by atoms with E-state index in [1.54, 1.807) is 11.1 Å². The van der Waals surface area contributed by atoms with Gasteiger partial charge >= 0.3 is 17.9 Å². The molecule has 0 aliphatic heterocycles. The van der Waals surface area contributed by atoms with E-state index in [0.29, 0.717) is 18.3 Å². The van der Waals surface area contributed by atoms with Gasteiger partial charge in [-0.3, -0.25) is 14.4 Å². The molecule has 0 spiro atoms. The third-order valence-electron chi connectivity index (χ3n) is 13.5. The molecule has 7 nitrogen and oxygen atoms in total. The number of carboxylic acids is 2. The topological polar surface area (TPSA) is 121 Å². The lowest BCUT2D eigenvalue weighted by atomic mass is 9.43. The highest BCUT2D eigenvalue weighted by Gasteiger charge is 2.64. The molecule has 0 aromatic heterocycles. The molecule has 0 radical (unpaired) electrons. The van der Waals surface area contributed by atoms with Gasteiger partial charge in [0.05, 0.1) is 24.4 Å². The van der Waals surface area contributed by atoms with Crippen molar-refractivity contribution in [3.63, 3.8) is 0 Å². The number of ether oxygens (including phenoxy) is 1. The minimum atomic E-state index is -1.65. The van der Waals surface area contributed by atoms with Crippen LogP contribution in [0.25, 0.3) is 0 Å². The number of aliphatic hydroxyl groups is 1. The van der Waals surface area contributed by atoms with E-state index < -0.39 is 29.9 Å². The summed E-state index contributed by atoms with van der Waals surface area (Å²) in [5.74, 6) is -1.88. The van der Waals surface area contributed by atoms with Crippen molar-refractivity contribution in [1.82, 2.24) is 0 Å². The molecule has 248 valence electrons. The molecule has 0 aromatic carbocycles. The van der Waals surface area contributed by atoms with E-state index in [0.717, 1.165) is 63.4 Å². The highest BCUT2D eigenvalue weighted by molar-refractivity contribution is 5.74. The van der Waals surface area contributed by atoms with Gasteiger partial charge in [-0.25, -0.2) is 0 Å². The molecule has 4 aliphatic rings. The number of carbonyl (C=O) groups is 3. The smallest absolute Gasteiger partial charge is 0.309 e. The summed E-state index contributed by atoms with van der Waals surface area (Å²) in [5.41, 5.74) is 2.27. The van der Waals surface area contributed by atoms with Crippen LogP contribution in [0.5, 0.6) is 0 Å². The molecule has 0 heterocycles. The van der Waals surface area contributed by atoms with Crippen LogP contribution in [-0.2, 0) is 19.1 Å². The van der Waals surface area contributed by atoms with Crippen LogP contribution in [0.4, 0.5) is 0 Å². The van der Waals surface area contributed by atoms with Gasteiger partial charge in [0, 0.05) is 5.41 Å². The summed E-state index contributed by atoms with van der Waals surface area (Å²) in [6.07, 6.45) is 7.88. The number of aliphatic carboxylic acids is 2. The summed E-state index contributed by atoms with van der Waals surface area (Å²) >= 11 is 0. The van der Waals surface area contributed by atoms with Gasteiger partial charge in [-0.15, -0.1) is 0 Å². The molecule has 0 saturated heterocycles. The summed E-state index contributed by atoms with van der Waals surface area (Å²) in [6, 6.07) is 0. The molecular formula is C37H58O7. The molecule has 3 N–H and O–H groups in total. The van der Waals surface area contributed by atoms with E-state index in [2.05, 4.69) is 55.0 Å². The number of fused-ring (bicyclic) bond motifs is 4. The maximum Gasteiger partial charge on any atom is 0.309 e. The summed E-state index contributed by atoms with van der Waals surface area (Å²) in [6.45, 7) is 21.5. The zero-order valence-corrected chi connectivity index (χ0v) is 28.6. The Labute approximate surface area is 264 Å². The molecule has 7 heteroatoms. The molecule has 44 heavy (non-hydrogen) atoms. The van der Waals surface area contributed by atoms with Gasteiger partial charge in [-0.1, -0.05) is 71.8 Å². The van der Waals surface area contributed by atoms with Gasteiger partial charge in [0.25, 0.3) is 0 Å². The van der Waals surface area contributed by atoms with Crippen molar-refractivity contribution in [2.45, 2.75) is 144 Å². The van der Waals surface area contributed by atoms with Crippen LogP contribution < -0.4 is 0 Å². The molecule has 4 aliphatic carbocycles. The summed E-state index contributed by atoms with van der Waals surface area (Å²) < 4.78 is 6.01. The summed E-state index contributed by atoms with van der Waals surface area (Å²) in [5, 5.41) is 29.9. The normalized spacial score (nSPS) is 36.5. The van der Waals surface area contributed by atoms with Crippen molar-refractivity contribution in [1.29, 1.82) is 0 Å². The average molecular weight is 615 g/mol. The second kappa shape index (κ2) is 11.9. The first-order valence-corrected chi connectivity index (χ1v) is 17.0. The molecule has 0 bridgehead atoms. The zero-order valence-electron chi connectivity index (χ0n) is 28.6. The molecule has 4 rings (SSSR count). The fraction of sp³-hybridized carbons (Fsp3) is 0.811. The second-order valence-electron chi connectivity index (χ2n) is 16.7. The Morgan fingerprint density at radius 1 is 0.955 bits per heavy atom. The van der Waals surface area contributed by atoms with Gasteiger partial charge in [0.1, 0.15) is 6.10 Å². The quantitative estimate of drug-likeness (QED) is 0.159. The van der Waals surface area contributed by atoms with Crippen molar-refractivity contribution >= 4 is 17.9 Å². The van der Waals surface area contributed by atoms with E-state index in [1.807, 2.05) is 0 Å². The fourth-order valence-corrected chi connectivity index (χ4v) is 10.6. The van der Waals surface area contributed by atoms with E-state index in [9.17, 15) is 24.6 Å². The van der Waals surface area contributed by atoms with E-state index in [1.165, 1.54) is 6.92 Å². The minimum absolute atomic E-state index is 0.0155. The highest BCUT2D eigenvalue weighted by atomic mass is 16.5. The lowest BCUT2D eigenvalue weighted by molar-refractivity contribution is -0.174. The maximum absolute atomic E-state index is 12.9. The second-order valence-corrected chi connectivity index (χ2v) is 16.7. The number of hydrogen-bond donors (Lipinski definition) is 3. The Kier molecular flexibility index (Phi) is 9.39. The van der Waals surface area contributed by atoms with Gasteiger partial charge in [0.15, 0.2) is 0 Å². The first kappa shape index (κ1) is 34.7. The molecule has 0 amide bonds. The monoisotopic (exact) mass is 614 g/mol. The van der Waals surface area contributed by atoms with Gasteiger partial charge in [-0.2, -0.15) is 0 Å². The lowest BCUT2D eigenvalue weighted by Crippen LogP contribution is -2.56. The minimum Gasteiger partial charge on any atom is -0.481 e. The number of rotatable bonds is 11. The molecule has 8 atom stereocenters. The Morgan fingerprint density at radius 2 is 1.61 bits per heavy atom. The number of hydrogen-bond acceptors (Lipinski definition) is 5. The lowest BCUT2D eigenvalue weighted by Gasteiger charge is -2.62. The van der Waals surface area contributed by atoms with E-state index >= 15 is 0 Å².